The lowest BCUT2D eigenvalue weighted by Gasteiger charge is -2.55. The van der Waals surface area contributed by atoms with Crippen LogP contribution in [0.4, 0.5) is 5.13 Å². The van der Waals surface area contributed by atoms with Crippen molar-refractivity contribution in [3.05, 3.63) is 11.1 Å². The second-order valence-corrected chi connectivity index (χ2v) is 10.3. The van der Waals surface area contributed by atoms with Crippen molar-refractivity contribution in [1.82, 2.24) is 21.2 Å². The van der Waals surface area contributed by atoms with Gasteiger partial charge < -0.3 is 15.0 Å². The third kappa shape index (κ3) is 4.27. The van der Waals surface area contributed by atoms with E-state index in [1.54, 1.807) is 5.38 Å². The van der Waals surface area contributed by atoms with Crippen molar-refractivity contribution in [1.29, 1.82) is 0 Å². The molecule has 31 heavy (non-hydrogen) atoms. The van der Waals surface area contributed by atoms with Gasteiger partial charge >= 0.3 is 0 Å². The summed E-state index contributed by atoms with van der Waals surface area (Å²) >= 11 is 1.39. The van der Waals surface area contributed by atoms with E-state index < -0.39 is 11.8 Å². The van der Waals surface area contributed by atoms with E-state index in [4.69, 9.17) is 4.74 Å². The van der Waals surface area contributed by atoms with Gasteiger partial charge in [0.2, 0.25) is 5.91 Å². The van der Waals surface area contributed by atoms with Gasteiger partial charge in [-0.1, -0.05) is 0 Å². The molecule has 0 spiro atoms. The Morgan fingerprint density at radius 3 is 2.35 bits per heavy atom. The molecule has 0 unspecified atom stereocenters. The third-order valence-electron chi connectivity index (χ3n) is 7.25. The van der Waals surface area contributed by atoms with Crippen LogP contribution in [0.15, 0.2) is 5.38 Å². The van der Waals surface area contributed by atoms with E-state index in [1.165, 1.54) is 30.6 Å². The van der Waals surface area contributed by atoms with Gasteiger partial charge in [0, 0.05) is 23.9 Å². The molecule has 168 valence electrons. The standard InChI is InChI=1S/C21H29N5O4S/c27-17(11-22-19(29)21-8-13-5-14(9-21)7-15(6-13)10-21)24-25-18(28)16-12-31-20(23-16)26-1-3-30-4-2-26/h12-15H,1-11H2,(H,22,29)(H,24,27)(H,25,28). The summed E-state index contributed by atoms with van der Waals surface area (Å²) in [6.07, 6.45) is 6.67. The first-order valence-corrected chi connectivity index (χ1v) is 12.0. The number of thiazole rings is 1. The fourth-order valence-corrected chi connectivity index (χ4v) is 7.10. The molecule has 1 aromatic rings. The van der Waals surface area contributed by atoms with Crippen molar-refractivity contribution in [2.75, 3.05) is 37.7 Å². The quantitative estimate of drug-likeness (QED) is 0.582. The second-order valence-electron chi connectivity index (χ2n) is 9.50. The summed E-state index contributed by atoms with van der Waals surface area (Å²) in [5.74, 6) is 1.09. The molecule has 10 heteroatoms. The summed E-state index contributed by atoms with van der Waals surface area (Å²) in [6, 6.07) is 0. The number of hydrazine groups is 1. The van der Waals surface area contributed by atoms with E-state index in [0.717, 1.165) is 37.5 Å². The van der Waals surface area contributed by atoms with E-state index in [-0.39, 0.29) is 23.6 Å². The molecule has 3 amide bonds. The highest BCUT2D eigenvalue weighted by Crippen LogP contribution is 2.60. The van der Waals surface area contributed by atoms with Crippen LogP contribution < -0.4 is 21.1 Å². The Balaban J connectivity index is 1.08. The number of carbonyl (C=O) groups is 3. The normalized spacial score (nSPS) is 31.4. The minimum atomic E-state index is -0.475. The average molecular weight is 448 g/mol. The van der Waals surface area contributed by atoms with Crippen molar-refractivity contribution in [2.45, 2.75) is 38.5 Å². The molecule has 3 N–H and O–H groups in total. The number of rotatable bonds is 5. The van der Waals surface area contributed by atoms with Gasteiger partial charge in [-0.05, 0) is 56.3 Å². The highest BCUT2D eigenvalue weighted by atomic mass is 32.1. The topological polar surface area (TPSA) is 113 Å². The molecule has 4 saturated carbocycles. The molecule has 2 heterocycles. The van der Waals surface area contributed by atoms with E-state index in [1.807, 2.05) is 0 Å². The Hall–Kier alpha value is -2.20. The molecule has 1 saturated heterocycles. The Kier molecular flexibility index (Phi) is 5.60. The van der Waals surface area contributed by atoms with Gasteiger partial charge in [0.25, 0.3) is 11.8 Å². The van der Waals surface area contributed by atoms with Crippen molar-refractivity contribution in [3.63, 3.8) is 0 Å². The predicted molar refractivity (Wildman–Crippen MR) is 114 cm³/mol. The molecule has 0 radical (unpaired) electrons. The summed E-state index contributed by atoms with van der Waals surface area (Å²) in [4.78, 5) is 43.8. The number of nitrogens with one attached hydrogen (secondary N) is 3. The molecule has 1 aromatic heterocycles. The van der Waals surface area contributed by atoms with Crippen LogP contribution in [0, 0.1) is 23.2 Å². The van der Waals surface area contributed by atoms with Crippen LogP contribution in [0.5, 0.6) is 0 Å². The van der Waals surface area contributed by atoms with Gasteiger partial charge in [-0.3, -0.25) is 25.2 Å². The molecule has 6 rings (SSSR count). The summed E-state index contributed by atoms with van der Waals surface area (Å²) in [7, 11) is 0. The monoisotopic (exact) mass is 447 g/mol. The van der Waals surface area contributed by atoms with Gasteiger partial charge in [0.15, 0.2) is 5.13 Å². The van der Waals surface area contributed by atoms with Crippen LogP contribution in [-0.2, 0) is 14.3 Å². The largest absolute Gasteiger partial charge is 0.378 e. The first kappa shape index (κ1) is 20.7. The first-order chi connectivity index (χ1) is 15.0. The molecule has 9 nitrogen and oxygen atoms in total. The maximum atomic E-state index is 12.9. The number of anilines is 1. The lowest BCUT2D eigenvalue weighted by molar-refractivity contribution is -0.147. The first-order valence-electron chi connectivity index (χ1n) is 11.2. The fourth-order valence-electron chi connectivity index (χ4n) is 6.24. The lowest BCUT2D eigenvalue weighted by atomic mass is 9.49. The van der Waals surface area contributed by atoms with Gasteiger partial charge in [-0.2, -0.15) is 0 Å². The van der Waals surface area contributed by atoms with Gasteiger partial charge in [-0.15, -0.1) is 11.3 Å². The van der Waals surface area contributed by atoms with Crippen molar-refractivity contribution >= 4 is 34.2 Å². The zero-order valence-electron chi connectivity index (χ0n) is 17.5. The molecular weight excluding hydrogens is 418 g/mol. The van der Waals surface area contributed by atoms with Crippen LogP contribution in [0.1, 0.15) is 49.0 Å². The smallest absolute Gasteiger partial charge is 0.289 e. The Morgan fingerprint density at radius 2 is 1.71 bits per heavy atom. The van der Waals surface area contributed by atoms with Gasteiger partial charge in [0.1, 0.15) is 5.69 Å². The van der Waals surface area contributed by atoms with Crippen LogP contribution in [0.2, 0.25) is 0 Å². The van der Waals surface area contributed by atoms with Crippen molar-refractivity contribution < 1.29 is 19.1 Å². The zero-order valence-corrected chi connectivity index (χ0v) is 18.3. The minimum absolute atomic E-state index is 0.00253. The zero-order chi connectivity index (χ0) is 21.4. The van der Waals surface area contributed by atoms with Crippen LogP contribution >= 0.6 is 11.3 Å². The molecular formula is C21H29N5O4S. The second kappa shape index (κ2) is 8.38. The summed E-state index contributed by atoms with van der Waals surface area (Å²) in [5, 5.41) is 5.25. The number of nitrogens with zero attached hydrogens (tertiary/aromatic N) is 2. The highest BCUT2D eigenvalue weighted by Gasteiger charge is 2.54. The SMILES string of the molecule is O=C(CNC(=O)C12CC3CC(CC(C3)C1)C2)NNC(=O)c1csc(N2CCOCC2)n1. The maximum Gasteiger partial charge on any atom is 0.289 e. The Morgan fingerprint density at radius 1 is 1.06 bits per heavy atom. The van der Waals surface area contributed by atoms with Crippen LogP contribution in [0.3, 0.4) is 0 Å². The Labute approximate surface area is 185 Å². The lowest BCUT2D eigenvalue weighted by Crippen LogP contribution is -2.55. The number of hydrogen-bond donors (Lipinski definition) is 3. The minimum Gasteiger partial charge on any atom is -0.378 e. The predicted octanol–water partition coefficient (Wildman–Crippen LogP) is 1.07. The summed E-state index contributed by atoms with van der Waals surface area (Å²) < 4.78 is 5.33. The fraction of sp³-hybridized carbons (Fsp3) is 0.714. The van der Waals surface area contributed by atoms with Crippen molar-refractivity contribution in [2.24, 2.45) is 23.2 Å². The van der Waals surface area contributed by atoms with E-state index in [0.29, 0.717) is 31.0 Å². The van der Waals surface area contributed by atoms with Gasteiger partial charge in [-0.25, -0.2) is 4.98 Å². The van der Waals surface area contributed by atoms with Crippen LogP contribution in [-0.4, -0.2) is 55.6 Å². The highest BCUT2D eigenvalue weighted by molar-refractivity contribution is 7.13. The van der Waals surface area contributed by atoms with E-state index >= 15 is 0 Å². The Bertz CT molecular complexity index is 830. The maximum absolute atomic E-state index is 12.9. The summed E-state index contributed by atoms with van der Waals surface area (Å²) in [5.41, 5.74) is 4.73. The number of hydrogen-bond acceptors (Lipinski definition) is 7. The number of amides is 3. The molecule has 0 aromatic carbocycles. The molecule has 1 aliphatic heterocycles. The third-order valence-corrected chi connectivity index (χ3v) is 8.15. The average Bonchev–Trinajstić information content (AvgIpc) is 3.26. The van der Waals surface area contributed by atoms with E-state index in [2.05, 4.69) is 26.1 Å². The van der Waals surface area contributed by atoms with Gasteiger partial charge in [0.05, 0.1) is 19.8 Å². The molecule has 5 fully saturated rings. The number of aromatic nitrogens is 1. The van der Waals surface area contributed by atoms with Crippen molar-refractivity contribution in [3.8, 4) is 0 Å². The number of carbonyl (C=O) groups excluding carboxylic acids is 3. The van der Waals surface area contributed by atoms with E-state index in [9.17, 15) is 14.4 Å². The molecule has 0 atom stereocenters. The number of morpholine rings is 1. The summed E-state index contributed by atoms with van der Waals surface area (Å²) in [6.45, 7) is 2.64. The molecule has 5 aliphatic rings. The van der Waals surface area contributed by atoms with Crippen LogP contribution in [0.25, 0.3) is 0 Å². The number of ether oxygens (including phenoxy) is 1. The molecule has 4 bridgehead atoms. The molecule has 4 aliphatic carbocycles.